The molecule has 5 nitrogen and oxygen atoms in total. The van der Waals surface area contributed by atoms with Crippen LogP contribution in [0.25, 0.3) is 0 Å². The van der Waals surface area contributed by atoms with Crippen LogP contribution in [-0.2, 0) is 15.0 Å². The lowest BCUT2D eigenvalue weighted by Crippen LogP contribution is -2.78. The van der Waals surface area contributed by atoms with E-state index in [1.807, 2.05) is 12.1 Å². The van der Waals surface area contributed by atoms with Crippen LogP contribution >= 0.6 is 0 Å². The first kappa shape index (κ1) is 15.2. The number of carbonyl (C=O) groups excluding carboxylic acids is 2. The predicted molar refractivity (Wildman–Crippen MR) is 96.4 cm³/mol. The Labute approximate surface area is 153 Å². The van der Waals surface area contributed by atoms with Crippen LogP contribution < -0.4 is 9.64 Å². The third-order valence-corrected chi connectivity index (χ3v) is 8.48. The first-order valence-corrected chi connectivity index (χ1v) is 9.84. The van der Waals surface area contributed by atoms with Crippen molar-refractivity contribution in [3.63, 3.8) is 0 Å². The van der Waals surface area contributed by atoms with E-state index < -0.39 is 5.54 Å². The van der Waals surface area contributed by atoms with E-state index in [0.717, 1.165) is 50.9 Å². The average molecular weight is 352 g/mol. The molecule has 7 rings (SSSR count). The lowest BCUT2D eigenvalue weighted by Gasteiger charge is -2.66. The number of amides is 1. The van der Waals surface area contributed by atoms with Crippen molar-refractivity contribution >= 4 is 17.9 Å². The zero-order valence-electron chi connectivity index (χ0n) is 15.2. The molecule has 6 aliphatic rings. The molecular weight excluding hydrogens is 328 g/mol. The van der Waals surface area contributed by atoms with Gasteiger partial charge in [-0.1, -0.05) is 12.1 Å². The van der Waals surface area contributed by atoms with E-state index in [2.05, 4.69) is 11.0 Å². The molecule has 136 valence electrons. The van der Waals surface area contributed by atoms with Crippen molar-refractivity contribution < 1.29 is 14.3 Å². The summed E-state index contributed by atoms with van der Waals surface area (Å²) in [6.07, 6.45) is 6.70. The molecule has 1 amide bonds. The first-order valence-electron chi connectivity index (χ1n) is 9.84. The SMILES string of the molecule is COc1cccc2c1N(C=O)C13CCC4(CCCN5CCC21C54)CC3=O. The molecule has 3 aliphatic heterocycles. The topological polar surface area (TPSA) is 49.9 Å². The average Bonchev–Trinajstić information content (AvgIpc) is 3.18. The van der Waals surface area contributed by atoms with Crippen LogP contribution in [0.15, 0.2) is 18.2 Å². The second-order valence-electron chi connectivity index (χ2n) is 8.92. The number of para-hydroxylation sites is 1. The van der Waals surface area contributed by atoms with E-state index in [4.69, 9.17) is 4.74 Å². The zero-order valence-corrected chi connectivity index (χ0v) is 15.2. The summed E-state index contributed by atoms with van der Waals surface area (Å²) in [5, 5.41) is 0. The summed E-state index contributed by atoms with van der Waals surface area (Å²) in [4.78, 5) is 30.4. The van der Waals surface area contributed by atoms with Crippen molar-refractivity contribution in [3.8, 4) is 5.75 Å². The molecule has 2 bridgehead atoms. The van der Waals surface area contributed by atoms with Crippen molar-refractivity contribution in [2.75, 3.05) is 25.1 Å². The van der Waals surface area contributed by atoms with E-state index in [0.29, 0.717) is 18.2 Å². The molecule has 3 aliphatic carbocycles. The maximum Gasteiger partial charge on any atom is 0.215 e. The number of nitrogens with zero attached hydrogens (tertiary/aromatic N) is 2. The maximum absolute atomic E-state index is 13.7. The number of piperidine rings is 1. The molecule has 0 aromatic heterocycles. The standard InChI is InChI=1S/C21H24N2O3/c1-26-15-5-2-4-14-17(15)23(13-24)21-8-7-19(12-16(21)25)6-3-10-22-11-9-20(14,21)18(19)22/h2,4-5,13,18H,3,6-12H2,1H3. The van der Waals surface area contributed by atoms with Gasteiger partial charge >= 0.3 is 0 Å². The highest BCUT2D eigenvalue weighted by atomic mass is 16.5. The van der Waals surface area contributed by atoms with Crippen LogP contribution in [0.2, 0.25) is 0 Å². The molecule has 1 aromatic carbocycles. The van der Waals surface area contributed by atoms with Crippen LogP contribution in [0.3, 0.4) is 0 Å². The third kappa shape index (κ3) is 1.27. The lowest BCUT2D eigenvalue weighted by molar-refractivity contribution is -0.156. The van der Waals surface area contributed by atoms with E-state index in [1.165, 1.54) is 12.0 Å². The van der Waals surface area contributed by atoms with Crippen molar-refractivity contribution in [3.05, 3.63) is 23.8 Å². The van der Waals surface area contributed by atoms with Crippen molar-refractivity contribution in [2.24, 2.45) is 5.41 Å². The number of ether oxygens (including phenoxy) is 1. The Morgan fingerprint density at radius 2 is 2.08 bits per heavy atom. The molecule has 3 saturated carbocycles. The van der Waals surface area contributed by atoms with Crippen molar-refractivity contribution in [1.82, 2.24) is 4.90 Å². The fraction of sp³-hybridized carbons (Fsp3) is 0.619. The number of hydrogen-bond acceptors (Lipinski definition) is 4. The minimum absolute atomic E-state index is 0.104. The molecule has 1 aromatic rings. The monoisotopic (exact) mass is 352 g/mol. The number of carbonyl (C=O) groups is 2. The van der Waals surface area contributed by atoms with Gasteiger partial charge in [0.25, 0.3) is 0 Å². The van der Waals surface area contributed by atoms with Crippen molar-refractivity contribution in [2.45, 2.75) is 55.5 Å². The van der Waals surface area contributed by atoms with Gasteiger partial charge in [-0.25, -0.2) is 0 Å². The molecule has 2 saturated heterocycles. The predicted octanol–water partition coefficient (Wildman–Crippen LogP) is 2.27. The van der Waals surface area contributed by atoms with Crippen LogP contribution in [0.4, 0.5) is 5.69 Å². The number of methoxy groups -OCH3 is 1. The maximum atomic E-state index is 13.7. The highest BCUT2D eigenvalue weighted by Gasteiger charge is 2.80. The van der Waals surface area contributed by atoms with Crippen LogP contribution in [-0.4, -0.2) is 48.9 Å². The number of rotatable bonds is 2. The van der Waals surface area contributed by atoms with Gasteiger partial charge in [0.15, 0.2) is 5.78 Å². The normalized spacial score (nSPS) is 42.4. The Balaban J connectivity index is 1.72. The van der Waals surface area contributed by atoms with E-state index in [1.54, 1.807) is 12.0 Å². The summed E-state index contributed by atoms with van der Waals surface area (Å²) >= 11 is 0. The Morgan fingerprint density at radius 3 is 2.85 bits per heavy atom. The Bertz CT molecular complexity index is 854. The molecule has 4 unspecified atom stereocenters. The quantitative estimate of drug-likeness (QED) is 0.766. The van der Waals surface area contributed by atoms with Gasteiger partial charge in [0, 0.05) is 17.9 Å². The van der Waals surface area contributed by atoms with Gasteiger partial charge in [0.05, 0.1) is 12.8 Å². The summed E-state index contributed by atoms with van der Waals surface area (Å²) in [6, 6.07) is 6.48. The Morgan fingerprint density at radius 1 is 1.19 bits per heavy atom. The van der Waals surface area contributed by atoms with Gasteiger partial charge in [-0.15, -0.1) is 0 Å². The Hall–Kier alpha value is -1.88. The third-order valence-electron chi connectivity index (χ3n) is 8.48. The van der Waals surface area contributed by atoms with Gasteiger partial charge in [0.1, 0.15) is 11.3 Å². The molecule has 5 fully saturated rings. The van der Waals surface area contributed by atoms with Gasteiger partial charge in [-0.2, -0.15) is 0 Å². The highest BCUT2D eigenvalue weighted by molar-refractivity contribution is 6.06. The van der Waals surface area contributed by atoms with Gasteiger partial charge in [-0.3, -0.25) is 19.4 Å². The van der Waals surface area contributed by atoms with Crippen molar-refractivity contribution in [1.29, 1.82) is 0 Å². The van der Waals surface area contributed by atoms with Crippen LogP contribution in [0, 0.1) is 5.41 Å². The number of anilines is 1. The number of ketones is 1. The second kappa shape index (κ2) is 4.50. The van der Waals surface area contributed by atoms with Crippen LogP contribution in [0.5, 0.6) is 5.75 Å². The van der Waals surface area contributed by atoms with Gasteiger partial charge < -0.3 is 4.74 Å². The van der Waals surface area contributed by atoms with E-state index in [-0.39, 0.29) is 16.6 Å². The molecule has 3 spiro atoms. The largest absolute Gasteiger partial charge is 0.495 e. The van der Waals surface area contributed by atoms with E-state index in [9.17, 15) is 9.59 Å². The van der Waals surface area contributed by atoms with Gasteiger partial charge in [-0.05, 0) is 62.2 Å². The molecule has 4 atom stereocenters. The van der Waals surface area contributed by atoms with Crippen LogP contribution in [0.1, 0.15) is 44.1 Å². The fourth-order valence-corrected chi connectivity index (χ4v) is 7.90. The summed E-state index contributed by atoms with van der Waals surface area (Å²) < 4.78 is 5.65. The second-order valence-corrected chi connectivity index (χ2v) is 8.92. The summed E-state index contributed by atoms with van der Waals surface area (Å²) in [5.74, 6) is 1.00. The molecule has 26 heavy (non-hydrogen) atoms. The minimum Gasteiger partial charge on any atom is -0.495 e. The number of benzene rings is 1. The molecule has 0 N–H and O–H groups in total. The fourth-order valence-electron chi connectivity index (χ4n) is 7.90. The minimum atomic E-state index is -0.704. The summed E-state index contributed by atoms with van der Waals surface area (Å²) in [6.45, 7) is 2.16. The molecule has 3 heterocycles. The van der Waals surface area contributed by atoms with E-state index >= 15 is 0 Å². The highest BCUT2D eigenvalue weighted by Crippen LogP contribution is 2.73. The smallest absolute Gasteiger partial charge is 0.215 e. The summed E-state index contributed by atoms with van der Waals surface area (Å²) in [5.41, 5.74) is 1.17. The lowest BCUT2D eigenvalue weighted by atomic mass is 9.41. The Kier molecular flexibility index (Phi) is 2.63. The summed E-state index contributed by atoms with van der Waals surface area (Å²) in [7, 11) is 1.65. The number of Topliss-reactive ketones (excluding diaryl/α,β-unsaturated/α-hetero) is 1. The number of hydrogen-bond donors (Lipinski definition) is 0. The number of fused-ring (bicyclic) bond motifs is 3. The molecule has 5 heteroatoms. The molecular formula is C21H24N2O3. The zero-order chi connectivity index (χ0) is 17.7. The molecule has 0 radical (unpaired) electrons. The van der Waals surface area contributed by atoms with Gasteiger partial charge in [0.2, 0.25) is 6.41 Å². The first-order chi connectivity index (χ1) is 12.6.